The second-order valence-corrected chi connectivity index (χ2v) is 7.99. The van der Waals surface area contributed by atoms with Crippen molar-refractivity contribution in [3.8, 4) is 5.75 Å². The third kappa shape index (κ3) is 6.56. The first-order valence-corrected chi connectivity index (χ1v) is 11.0. The Morgan fingerprint density at radius 2 is 1.83 bits per heavy atom. The zero-order valence-electron chi connectivity index (χ0n) is 17.4. The molecule has 1 fully saturated rings. The lowest BCUT2D eigenvalue weighted by Crippen LogP contribution is -2.34. The zero-order chi connectivity index (χ0) is 22.1. The number of hydrogen-bond acceptors (Lipinski definition) is 7. The highest BCUT2D eigenvalue weighted by Gasteiger charge is 2.32. The van der Waals surface area contributed by atoms with Crippen LogP contribution in [0, 0.1) is 0 Å². The van der Waals surface area contributed by atoms with E-state index in [0.717, 1.165) is 5.56 Å². The summed E-state index contributed by atoms with van der Waals surface area (Å²) in [6.07, 6.45) is 1.85. The molecule has 0 atom stereocenters. The monoisotopic (exact) mass is 450 g/mol. The summed E-state index contributed by atoms with van der Waals surface area (Å²) >= 11 is 6.47. The second kappa shape index (κ2) is 11.7. The van der Waals surface area contributed by atoms with Crippen molar-refractivity contribution in [2.45, 2.75) is 27.2 Å². The van der Waals surface area contributed by atoms with Crippen LogP contribution in [0.4, 0.5) is 0 Å². The van der Waals surface area contributed by atoms with Crippen molar-refractivity contribution >= 4 is 52.2 Å². The molecule has 0 saturated carbocycles. The van der Waals surface area contributed by atoms with Crippen molar-refractivity contribution in [3.63, 3.8) is 0 Å². The van der Waals surface area contributed by atoms with Gasteiger partial charge < -0.3 is 14.4 Å². The molecular formula is C21H26N2O5S2. The van der Waals surface area contributed by atoms with Gasteiger partial charge in [0.25, 0.3) is 11.8 Å². The van der Waals surface area contributed by atoms with Gasteiger partial charge in [0.1, 0.15) is 10.1 Å². The summed E-state index contributed by atoms with van der Waals surface area (Å²) in [4.78, 5) is 39.7. The Morgan fingerprint density at radius 3 is 2.43 bits per heavy atom. The number of esters is 1. The maximum absolute atomic E-state index is 12.6. The maximum atomic E-state index is 12.6. The average molecular weight is 451 g/mol. The number of hydrogen-bond donors (Lipinski definition) is 0. The summed E-state index contributed by atoms with van der Waals surface area (Å²) in [6, 6.07) is 7.12. The van der Waals surface area contributed by atoms with E-state index in [0.29, 0.717) is 34.7 Å². The van der Waals surface area contributed by atoms with Gasteiger partial charge in [0.15, 0.2) is 6.61 Å². The Morgan fingerprint density at radius 1 is 1.17 bits per heavy atom. The van der Waals surface area contributed by atoms with Crippen molar-refractivity contribution in [1.82, 2.24) is 9.80 Å². The molecule has 9 heteroatoms. The minimum atomic E-state index is -0.356. The first-order chi connectivity index (χ1) is 14.4. The maximum Gasteiger partial charge on any atom is 0.307 e. The fourth-order valence-corrected chi connectivity index (χ4v) is 4.06. The lowest BCUT2D eigenvalue weighted by Gasteiger charge is -2.18. The molecule has 1 aliphatic rings. The molecule has 1 saturated heterocycles. The van der Waals surface area contributed by atoms with Gasteiger partial charge in [-0.15, -0.1) is 0 Å². The Kier molecular flexibility index (Phi) is 9.32. The van der Waals surface area contributed by atoms with Crippen LogP contribution in [0.5, 0.6) is 5.75 Å². The average Bonchev–Trinajstić information content (AvgIpc) is 2.99. The molecule has 1 aliphatic heterocycles. The van der Waals surface area contributed by atoms with Crippen LogP contribution in [0.15, 0.2) is 29.2 Å². The quantitative estimate of drug-likeness (QED) is 0.308. The van der Waals surface area contributed by atoms with Gasteiger partial charge in [-0.05, 0) is 44.5 Å². The molecule has 0 aliphatic carbocycles. The van der Waals surface area contributed by atoms with E-state index in [2.05, 4.69) is 0 Å². The lowest BCUT2D eigenvalue weighted by atomic mass is 10.2. The molecule has 0 unspecified atom stereocenters. The molecule has 1 aromatic carbocycles. The smallest absolute Gasteiger partial charge is 0.307 e. The normalized spacial score (nSPS) is 14.9. The van der Waals surface area contributed by atoms with E-state index >= 15 is 0 Å². The minimum absolute atomic E-state index is 0.0137. The molecule has 0 spiro atoms. The Balaban J connectivity index is 1.95. The Bertz CT molecular complexity index is 819. The second-order valence-electron chi connectivity index (χ2n) is 6.31. The van der Waals surface area contributed by atoms with Crippen LogP contribution < -0.4 is 4.74 Å². The van der Waals surface area contributed by atoms with Crippen molar-refractivity contribution in [1.29, 1.82) is 0 Å². The van der Waals surface area contributed by atoms with Gasteiger partial charge in [-0.25, -0.2) is 0 Å². The minimum Gasteiger partial charge on any atom is -0.484 e. The van der Waals surface area contributed by atoms with E-state index in [9.17, 15) is 14.4 Å². The Hall–Kier alpha value is -2.39. The van der Waals surface area contributed by atoms with Gasteiger partial charge >= 0.3 is 5.97 Å². The number of thiocarbonyl (C=S) groups is 1. The molecule has 2 rings (SSSR count). The lowest BCUT2D eigenvalue weighted by molar-refractivity contribution is -0.143. The molecule has 2 amide bonds. The fraction of sp³-hybridized carbons (Fsp3) is 0.429. The summed E-state index contributed by atoms with van der Waals surface area (Å²) in [5.74, 6) is -0.0600. The van der Waals surface area contributed by atoms with Crippen molar-refractivity contribution in [2.75, 3.05) is 32.8 Å². The number of amides is 2. The molecule has 0 bridgehead atoms. The van der Waals surface area contributed by atoms with E-state index in [-0.39, 0.29) is 37.4 Å². The third-order valence-corrected chi connectivity index (χ3v) is 5.75. The zero-order valence-corrected chi connectivity index (χ0v) is 19.0. The van der Waals surface area contributed by atoms with Gasteiger partial charge in [-0.2, -0.15) is 0 Å². The number of carbonyl (C=O) groups excluding carboxylic acids is 3. The van der Waals surface area contributed by atoms with Crippen molar-refractivity contribution in [3.05, 3.63) is 34.7 Å². The first-order valence-electron chi connectivity index (χ1n) is 9.81. The number of rotatable bonds is 10. The number of likely N-dealkylation sites (N-methyl/N-ethyl adjacent to an activating group) is 1. The van der Waals surface area contributed by atoms with Crippen molar-refractivity contribution in [2.24, 2.45) is 0 Å². The molecule has 30 heavy (non-hydrogen) atoms. The van der Waals surface area contributed by atoms with E-state index in [1.54, 1.807) is 30.0 Å². The van der Waals surface area contributed by atoms with Gasteiger partial charge in [-0.1, -0.05) is 36.1 Å². The SMILES string of the molecule is CCOC(=O)CCN1C(=O)/C(=C\c2ccc(OCC(=O)N(CC)CC)cc2)SC1=S. The van der Waals surface area contributed by atoms with Gasteiger partial charge in [0, 0.05) is 19.6 Å². The topological polar surface area (TPSA) is 76.1 Å². The number of carbonyl (C=O) groups is 3. The summed E-state index contributed by atoms with van der Waals surface area (Å²) in [6.45, 7) is 7.38. The highest BCUT2D eigenvalue weighted by Crippen LogP contribution is 2.32. The number of ether oxygens (including phenoxy) is 2. The van der Waals surface area contributed by atoms with Crippen LogP contribution in [-0.4, -0.2) is 64.8 Å². The van der Waals surface area contributed by atoms with E-state index < -0.39 is 0 Å². The van der Waals surface area contributed by atoms with E-state index in [4.69, 9.17) is 21.7 Å². The molecule has 0 radical (unpaired) electrons. The number of benzene rings is 1. The third-order valence-electron chi connectivity index (χ3n) is 4.37. The highest BCUT2D eigenvalue weighted by atomic mass is 32.2. The standard InChI is InChI=1S/C21H26N2O5S2/c1-4-22(5-2)18(24)14-28-16-9-7-15(8-10-16)13-17-20(26)23(21(29)30-17)12-11-19(25)27-6-3/h7-10,13H,4-6,11-12,14H2,1-3H3/b17-13+. The highest BCUT2D eigenvalue weighted by molar-refractivity contribution is 8.26. The van der Waals surface area contributed by atoms with Gasteiger partial charge in [0.05, 0.1) is 17.9 Å². The summed E-state index contributed by atoms with van der Waals surface area (Å²) < 4.78 is 10.9. The van der Waals surface area contributed by atoms with E-state index in [1.807, 2.05) is 26.0 Å². The number of thioether (sulfide) groups is 1. The molecule has 0 N–H and O–H groups in total. The van der Waals surface area contributed by atoms with Crippen molar-refractivity contribution < 1.29 is 23.9 Å². The van der Waals surface area contributed by atoms with E-state index in [1.165, 1.54) is 16.7 Å². The predicted octanol–water partition coefficient (Wildman–Crippen LogP) is 3.09. The summed E-state index contributed by atoms with van der Waals surface area (Å²) in [7, 11) is 0. The van der Waals surface area contributed by atoms with Crippen LogP contribution in [0.3, 0.4) is 0 Å². The predicted molar refractivity (Wildman–Crippen MR) is 121 cm³/mol. The Labute approximate surface area is 186 Å². The van der Waals surface area contributed by atoms with Crippen LogP contribution in [0.1, 0.15) is 32.8 Å². The first kappa shape index (κ1) is 23.9. The summed E-state index contributed by atoms with van der Waals surface area (Å²) in [5, 5.41) is 0. The summed E-state index contributed by atoms with van der Waals surface area (Å²) in [5.41, 5.74) is 0.809. The molecule has 1 heterocycles. The van der Waals surface area contributed by atoms with Crippen LogP contribution in [0.25, 0.3) is 6.08 Å². The number of nitrogens with zero attached hydrogens (tertiary/aromatic N) is 2. The molecule has 0 aromatic heterocycles. The van der Waals surface area contributed by atoms with Crippen LogP contribution in [0.2, 0.25) is 0 Å². The molecule has 162 valence electrons. The van der Waals surface area contributed by atoms with Gasteiger partial charge in [-0.3, -0.25) is 19.3 Å². The molecular weight excluding hydrogens is 424 g/mol. The largest absolute Gasteiger partial charge is 0.484 e. The fourth-order valence-electron chi connectivity index (χ4n) is 2.75. The molecule has 1 aromatic rings. The van der Waals surface area contributed by atoms with Crippen LogP contribution >= 0.6 is 24.0 Å². The van der Waals surface area contributed by atoms with Gasteiger partial charge in [0.2, 0.25) is 0 Å². The molecule has 7 nitrogen and oxygen atoms in total. The van der Waals surface area contributed by atoms with Crippen LogP contribution in [-0.2, 0) is 19.1 Å².